The second kappa shape index (κ2) is 56.4. The summed E-state index contributed by atoms with van der Waals surface area (Å²) in [6.45, 7) is 7.64. The Balaban J connectivity index is 4.35. The fraction of sp³-hybridized carbons (Fsp3) is 0.738. The van der Waals surface area contributed by atoms with Crippen molar-refractivity contribution >= 4 is 11.9 Å². The smallest absolute Gasteiger partial charge is 0.306 e. The van der Waals surface area contributed by atoms with Crippen LogP contribution < -0.4 is 0 Å². The lowest BCUT2D eigenvalue weighted by Gasteiger charge is -2.18. The van der Waals surface area contributed by atoms with Gasteiger partial charge in [0.15, 0.2) is 6.10 Å². The minimum absolute atomic E-state index is 0.0570. The minimum atomic E-state index is -0.573. The number of hydrogen-bond acceptors (Lipinski definition) is 5. The van der Waals surface area contributed by atoms with E-state index >= 15 is 0 Å². The van der Waals surface area contributed by atoms with Gasteiger partial charge in [-0.3, -0.25) is 9.59 Å². The van der Waals surface area contributed by atoms with Crippen molar-refractivity contribution in [2.75, 3.05) is 19.8 Å². The molecular formula is C61H106O5. The van der Waals surface area contributed by atoms with Crippen LogP contribution in [0.25, 0.3) is 0 Å². The van der Waals surface area contributed by atoms with Crippen LogP contribution in [0.1, 0.15) is 265 Å². The summed E-state index contributed by atoms with van der Waals surface area (Å²) in [5.41, 5.74) is 0. The summed E-state index contributed by atoms with van der Waals surface area (Å²) >= 11 is 0. The molecule has 0 spiro atoms. The predicted octanol–water partition coefficient (Wildman–Crippen LogP) is 19.2. The summed E-state index contributed by atoms with van der Waals surface area (Å²) in [6, 6.07) is 0. The predicted molar refractivity (Wildman–Crippen MR) is 288 cm³/mol. The fourth-order valence-corrected chi connectivity index (χ4v) is 7.71. The molecule has 0 rings (SSSR count). The van der Waals surface area contributed by atoms with E-state index in [9.17, 15) is 9.59 Å². The summed E-state index contributed by atoms with van der Waals surface area (Å²) in [4.78, 5) is 25.5. The topological polar surface area (TPSA) is 61.8 Å². The zero-order valence-corrected chi connectivity index (χ0v) is 43.7. The molecule has 0 N–H and O–H groups in total. The molecule has 0 aromatic heterocycles. The number of hydrogen-bond donors (Lipinski definition) is 0. The van der Waals surface area contributed by atoms with Crippen molar-refractivity contribution in [3.05, 3.63) is 85.1 Å². The molecule has 0 radical (unpaired) electrons. The lowest BCUT2D eigenvalue weighted by molar-refractivity contribution is -0.162. The average molecular weight is 920 g/mol. The van der Waals surface area contributed by atoms with Gasteiger partial charge in [-0.05, 0) is 109 Å². The van der Waals surface area contributed by atoms with E-state index in [1.807, 2.05) is 0 Å². The summed E-state index contributed by atoms with van der Waals surface area (Å²) in [5.74, 6) is -0.466. The molecular weight excluding hydrogens is 813 g/mol. The first-order valence-corrected chi connectivity index (χ1v) is 28.1. The van der Waals surface area contributed by atoms with Crippen molar-refractivity contribution in [1.29, 1.82) is 0 Å². The molecule has 0 amide bonds. The second-order valence-corrected chi connectivity index (χ2v) is 18.4. The first kappa shape index (κ1) is 63.1. The van der Waals surface area contributed by atoms with Gasteiger partial charge in [-0.2, -0.15) is 0 Å². The molecule has 1 atom stereocenters. The fourth-order valence-electron chi connectivity index (χ4n) is 7.71. The molecule has 0 aliphatic rings. The molecule has 0 bridgehead atoms. The van der Waals surface area contributed by atoms with Crippen LogP contribution in [0.15, 0.2) is 85.1 Å². The van der Waals surface area contributed by atoms with Crippen LogP contribution in [0.5, 0.6) is 0 Å². The summed E-state index contributed by atoms with van der Waals surface area (Å²) < 4.78 is 17.4. The Kier molecular flexibility index (Phi) is 53.9. The Morgan fingerprint density at radius 3 is 1.17 bits per heavy atom. The monoisotopic (exact) mass is 919 g/mol. The highest BCUT2D eigenvalue weighted by Crippen LogP contribution is 2.14. The van der Waals surface area contributed by atoms with E-state index in [0.29, 0.717) is 19.4 Å². The van der Waals surface area contributed by atoms with Crippen molar-refractivity contribution in [3.8, 4) is 0 Å². The highest BCUT2D eigenvalue weighted by molar-refractivity contribution is 5.70. The van der Waals surface area contributed by atoms with Gasteiger partial charge in [-0.25, -0.2) is 0 Å². The van der Waals surface area contributed by atoms with Crippen LogP contribution >= 0.6 is 0 Å². The zero-order valence-electron chi connectivity index (χ0n) is 43.7. The van der Waals surface area contributed by atoms with Crippen molar-refractivity contribution in [1.82, 2.24) is 0 Å². The van der Waals surface area contributed by atoms with E-state index in [1.54, 1.807) is 0 Å². The second-order valence-electron chi connectivity index (χ2n) is 18.4. The quantitative estimate of drug-likeness (QED) is 0.0346. The van der Waals surface area contributed by atoms with Crippen molar-refractivity contribution < 1.29 is 23.8 Å². The van der Waals surface area contributed by atoms with Crippen molar-refractivity contribution in [3.63, 3.8) is 0 Å². The Hall–Kier alpha value is -2.92. The van der Waals surface area contributed by atoms with E-state index in [0.717, 1.165) is 70.6 Å². The van der Waals surface area contributed by atoms with Gasteiger partial charge in [0.05, 0.1) is 6.61 Å². The molecule has 5 heteroatoms. The summed E-state index contributed by atoms with van der Waals surface area (Å²) in [6.07, 6.45) is 74.6. The SMILES string of the molecule is CC/C=C\C/C=C\C/C=C\C/C=C\C/C=C\CCCC(=O)OC(COCCCCCCCC/C=C\CCCCCC)COC(=O)CCCCCCCCCCC/C=C\CCCCCCCC. The van der Waals surface area contributed by atoms with Crippen molar-refractivity contribution in [2.24, 2.45) is 0 Å². The summed E-state index contributed by atoms with van der Waals surface area (Å²) in [7, 11) is 0. The molecule has 0 aliphatic heterocycles. The summed E-state index contributed by atoms with van der Waals surface area (Å²) in [5, 5.41) is 0. The lowest BCUT2D eigenvalue weighted by Crippen LogP contribution is -2.30. The van der Waals surface area contributed by atoms with Crippen LogP contribution in [-0.4, -0.2) is 37.9 Å². The minimum Gasteiger partial charge on any atom is -0.462 e. The van der Waals surface area contributed by atoms with Crippen LogP contribution in [0.3, 0.4) is 0 Å². The molecule has 1 unspecified atom stereocenters. The molecule has 0 aliphatic carbocycles. The molecule has 5 nitrogen and oxygen atoms in total. The first-order valence-electron chi connectivity index (χ1n) is 28.1. The molecule has 66 heavy (non-hydrogen) atoms. The standard InChI is InChI=1S/C61H106O5/c1-4-7-10-13-16-19-22-25-28-30-31-33-34-36-39-42-45-48-51-54-60(62)65-58-59(57-64-56-53-50-47-44-41-38-27-24-21-18-15-12-9-6-3)66-61(63)55-52-49-46-43-40-37-35-32-29-26-23-20-17-14-11-8-5-2/h8,11,17,20-21,24-26,28-29,35,37,43,46,59H,4-7,9-10,12-16,18-19,22-23,27,30-34,36,38-42,44-45,47-58H2,1-3H3/b11-8-,20-17-,24-21-,28-25-,29-26-,37-35-,46-43-. The van der Waals surface area contributed by atoms with Gasteiger partial charge in [0.2, 0.25) is 0 Å². The van der Waals surface area contributed by atoms with Gasteiger partial charge in [0.25, 0.3) is 0 Å². The highest BCUT2D eigenvalue weighted by atomic mass is 16.6. The number of rotatable bonds is 51. The van der Waals surface area contributed by atoms with Crippen LogP contribution in [0.2, 0.25) is 0 Å². The molecule has 0 saturated carbocycles. The highest BCUT2D eigenvalue weighted by Gasteiger charge is 2.17. The average Bonchev–Trinajstić information content (AvgIpc) is 3.32. The normalized spacial score (nSPS) is 12.8. The van der Waals surface area contributed by atoms with E-state index in [2.05, 4.69) is 106 Å². The molecule has 380 valence electrons. The maximum absolute atomic E-state index is 12.8. The number of esters is 2. The van der Waals surface area contributed by atoms with E-state index in [1.165, 1.54) is 161 Å². The van der Waals surface area contributed by atoms with Crippen molar-refractivity contribution in [2.45, 2.75) is 271 Å². The molecule has 0 heterocycles. The molecule has 0 aromatic rings. The zero-order chi connectivity index (χ0) is 47.7. The third-order valence-electron chi connectivity index (χ3n) is 11.9. The van der Waals surface area contributed by atoms with Crippen LogP contribution in [0, 0.1) is 0 Å². The number of ether oxygens (including phenoxy) is 3. The maximum atomic E-state index is 12.8. The van der Waals surface area contributed by atoms with Gasteiger partial charge in [-0.1, -0.05) is 228 Å². The van der Waals surface area contributed by atoms with Gasteiger partial charge in [0.1, 0.15) is 6.61 Å². The largest absolute Gasteiger partial charge is 0.462 e. The van der Waals surface area contributed by atoms with Crippen LogP contribution in [0.4, 0.5) is 0 Å². The Labute approximate surface area is 409 Å². The third kappa shape index (κ3) is 53.7. The van der Waals surface area contributed by atoms with Gasteiger partial charge in [0, 0.05) is 19.4 Å². The van der Waals surface area contributed by atoms with Crippen LogP contribution in [-0.2, 0) is 23.8 Å². The lowest BCUT2D eigenvalue weighted by atomic mass is 10.1. The number of allylic oxidation sites excluding steroid dienone is 14. The Bertz CT molecular complexity index is 1220. The number of carbonyl (C=O) groups excluding carboxylic acids is 2. The molecule has 0 saturated heterocycles. The molecule has 0 aromatic carbocycles. The van der Waals surface area contributed by atoms with Gasteiger partial charge < -0.3 is 14.2 Å². The van der Waals surface area contributed by atoms with E-state index in [-0.39, 0.29) is 25.2 Å². The molecule has 0 fully saturated rings. The van der Waals surface area contributed by atoms with E-state index in [4.69, 9.17) is 14.2 Å². The van der Waals surface area contributed by atoms with Gasteiger partial charge in [-0.15, -0.1) is 0 Å². The number of unbranched alkanes of at least 4 members (excludes halogenated alkanes) is 26. The van der Waals surface area contributed by atoms with E-state index < -0.39 is 6.10 Å². The maximum Gasteiger partial charge on any atom is 0.306 e. The van der Waals surface area contributed by atoms with Gasteiger partial charge >= 0.3 is 11.9 Å². The number of carbonyl (C=O) groups is 2. The Morgan fingerprint density at radius 2 is 0.697 bits per heavy atom. The third-order valence-corrected chi connectivity index (χ3v) is 11.9. The first-order chi connectivity index (χ1) is 32.6. The Morgan fingerprint density at radius 1 is 0.348 bits per heavy atom.